The Morgan fingerprint density at radius 1 is 1.31 bits per heavy atom. The molecule has 3 N–H and O–H groups in total. The Morgan fingerprint density at radius 3 is 2.59 bits per heavy atom. The SMILES string of the molecule is C=C[C@H](CO)C[C@]1(O)[C@@H](C2=CC(=O)COC2O)CC[C@]2(C)[C@@H]([C@H](C)C(OC)OC)CC[C@H]21. The smallest absolute Gasteiger partial charge is 0.181 e. The van der Waals surface area contributed by atoms with E-state index in [-0.39, 0.29) is 54.4 Å². The van der Waals surface area contributed by atoms with Crippen LogP contribution in [0.3, 0.4) is 0 Å². The maximum Gasteiger partial charge on any atom is 0.181 e. The van der Waals surface area contributed by atoms with E-state index in [1.807, 2.05) is 0 Å². The van der Waals surface area contributed by atoms with Crippen LogP contribution in [0.15, 0.2) is 24.3 Å². The predicted molar refractivity (Wildman–Crippen MR) is 119 cm³/mol. The second kappa shape index (κ2) is 10.0. The molecule has 1 heterocycles. The first kappa shape index (κ1) is 25.5. The van der Waals surface area contributed by atoms with E-state index >= 15 is 0 Å². The molecule has 0 spiro atoms. The summed E-state index contributed by atoms with van der Waals surface area (Å²) in [5.74, 6) is -0.574. The van der Waals surface area contributed by atoms with Crippen LogP contribution in [-0.2, 0) is 19.0 Å². The van der Waals surface area contributed by atoms with Gasteiger partial charge in [0.25, 0.3) is 0 Å². The van der Waals surface area contributed by atoms with Crippen molar-refractivity contribution in [1.82, 2.24) is 0 Å². The van der Waals surface area contributed by atoms with Crippen LogP contribution in [0.4, 0.5) is 0 Å². The summed E-state index contributed by atoms with van der Waals surface area (Å²) in [5.41, 5.74) is -0.937. The third-order valence-electron chi connectivity index (χ3n) is 8.67. The summed E-state index contributed by atoms with van der Waals surface area (Å²) in [5, 5.41) is 32.8. The second-order valence-corrected chi connectivity index (χ2v) is 10.2. The van der Waals surface area contributed by atoms with Crippen molar-refractivity contribution >= 4 is 5.78 Å². The third-order valence-corrected chi connectivity index (χ3v) is 8.67. The summed E-state index contributed by atoms with van der Waals surface area (Å²) >= 11 is 0. The zero-order valence-corrected chi connectivity index (χ0v) is 19.8. The van der Waals surface area contributed by atoms with Gasteiger partial charge in [-0.25, -0.2) is 0 Å². The van der Waals surface area contributed by atoms with Crippen LogP contribution >= 0.6 is 0 Å². The molecular weight excluding hydrogens is 412 g/mol. The Balaban J connectivity index is 2.01. The summed E-state index contributed by atoms with van der Waals surface area (Å²) in [6.45, 7) is 7.95. The zero-order valence-electron chi connectivity index (χ0n) is 19.8. The fraction of sp³-hybridized carbons (Fsp3) is 0.800. The molecule has 1 unspecified atom stereocenters. The highest BCUT2D eigenvalue weighted by Gasteiger charge is 2.63. The zero-order chi connectivity index (χ0) is 23.7. The highest BCUT2D eigenvalue weighted by Crippen LogP contribution is 2.64. The summed E-state index contributed by atoms with van der Waals surface area (Å²) in [4.78, 5) is 12.1. The quantitative estimate of drug-likeness (QED) is 0.364. The van der Waals surface area contributed by atoms with Gasteiger partial charge in [0.2, 0.25) is 0 Å². The molecule has 1 aliphatic heterocycles. The van der Waals surface area contributed by atoms with E-state index in [0.29, 0.717) is 18.4 Å². The van der Waals surface area contributed by atoms with Crippen molar-refractivity contribution < 1.29 is 34.3 Å². The number of ether oxygens (including phenoxy) is 3. The van der Waals surface area contributed by atoms with Crippen molar-refractivity contribution in [2.75, 3.05) is 27.4 Å². The average molecular weight is 453 g/mol. The van der Waals surface area contributed by atoms with Gasteiger partial charge in [0, 0.05) is 38.6 Å². The molecule has 7 nitrogen and oxygen atoms in total. The number of ketones is 1. The number of carbonyl (C=O) groups is 1. The van der Waals surface area contributed by atoms with E-state index in [1.165, 1.54) is 6.08 Å². The number of aliphatic hydroxyl groups is 3. The van der Waals surface area contributed by atoms with Gasteiger partial charge in [-0.15, -0.1) is 6.58 Å². The average Bonchev–Trinajstić information content (AvgIpc) is 3.13. The second-order valence-electron chi connectivity index (χ2n) is 10.2. The van der Waals surface area contributed by atoms with Crippen LogP contribution < -0.4 is 0 Å². The first-order valence-corrected chi connectivity index (χ1v) is 11.7. The molecular formula is C25H40O7. The number of methoxy groups -OCH3 is 2. The summed E-state index contributed by atoms with van der Waals surface area (Å²) in [6, 6.07) is 0. The van der Waals surface area contributed by atoms with E-state index in [1.54, 1.807) is 20.3 Å². The molecule has 0 aromatic rings. The number of fused-ring (bicyclic) bond motifs is 1. The monoisotopic (exact) mass is 452 g/mol. The van der Waals surface area contributed by atoms with Gasteiger partial charge in [-0.1, -0.05) is 19.9 Å². The molecule has 7 heteroatoms. The van der Waals surface area contributed by atoms with Crippen molar-refractivity contribution in [3.63, 3.8) is 0 Å². The molecule has 0 amide bonds. The molecule has 0 aromatic carbocycles. The number of aliphatic hydroxyl groups excluding tert-OH is 2. The van der Waals surface area contributed by atoms with Gasteiger partial charge in [0.1, 0.15) is 6.61 Å². The lowest BCUT2D eigenvalue weighted by molar-refractivity contribution is -0.185. The maximum atomic E-state index is 12.4. The molecule has 2 fully saturated rings. The van der Waals surface area contributed by atoms with Crippen molar-refractivity contribution in [2.45, 2.75) is 64.1 Å². The molecule has 32 heavy (non-hydrogen) atoms. The molecule has 2 aliphatic carbocycles. The first-order chi connectivity index (χ1) is 15.2. The highest BCUT2D eigenvalue weighted by molar-refractivity contribution is 5.92. The minimum Gasteiger partial charge on any atom is -0.396 e. The molecule has 0 saturated heterocycles. The topological polar surface area (TPSA) is 105 Å². The largest absolute Gasteiger partial charge is 0.396 e. The lowest BCUT2D eigenvalue weighted by Crippen LogP contribution is -2.58. The summed E-state index contributed by atoms with van der Waals surface area (Å²) in [6.07, 6.45) is 5.12. The van der Waals surface area contributed by atoms with E-state index in [4.69, 9.17) is 14.2 Å². The Hall–Kier alpha value is -1.09. The van der Waals surface area contributed by atoms with Crippen LogP contribution in [0.2, 0.25) is 0 Å². The standard InChI is InChI=1S/C25H40O7/c1-6-16(13-26)12-25(29)20(18-11-17(27)14-32-22(18)28)9-10-24(3)19(7-8-21(24)25)15(2)23(30-4)31-5/h6,11,15-16,19-23,26,28-29H,1,7-10,12-14H2,2-5H3/t15-,16-,19+,20+,21+,22?,24+,25-/m0/s1. The fourth-order valence-electron chi connectivity index (χ4n) is 7.18. The van der Waals surface area contributed by atoms with Gasteiger partial charge < -0.3 is 29.5 Å². The Bertz CT molecular complexity index is 717. The molecule has 3 aliphatic rings. The number of hydrogen-bond acceptors (Lipinski definition) is 7. The lowest BCUT2D eigenvalue weighted by Gasteiger charge is -2.56. The number of carbonyl (C=O) groups excluding carboxylic acids is 1. The van der Waals surface area contributed by atoms with Crippen molar-refractivity contribution in [1.29, 1.82) is 0 Å². The molecule has 182 valence electrons. The normalized spacial score (nSPS) is 39.5. The number of rotatable bonds is 9. The van der Waals surface area contributed by atoms with E-state index < -0.39 is 17.8 Å². The van der Waals surface area contributed by atoms with Gasteiger partial charge in [-0.2, -0.15) is 0 Å². The molecule has 0 aromatic heterocycles. The molecule has 0 radical (unpaired) electrons. The van der Waals surface area contributed by atoms with Gasteiger partial charge >= 0.3 is 0 Å². The van der Waals surface area contributed by atoms with E-state index in [9.17, 15) is 20.1 Å². The predicted octanol–water partition coefficient (Wildman–Crippen LogP) is 2.44. The minimum atomic E-state index is -1.22. The van der Waals surface area contributed by atoms with Crippen molar-refractivity contribution in [3.8, 4) is 0 Å². The molecule has 3 rings (SSSR count). The highest BCUT2D eigenvalue weighted by atomic mass is 16.7. The molecule has 2 saturated carbocycles. The Labute approximate surface area is 191 Å². The van der Waals surface area contributed by atoms with E-state index in [2.05, 4.69) is 20.4 Å². The van der Waals surface area contributed by atoms with Gasteiger partial charge in [0.05, 0.1) is 5.60 Å². The number of hydrogen-bond donors (Lipinski definition) is 3. The van der Waals surface area contributed by atoms with Crippen LogP contribution in [0.5, 0.6) is 0 Å². The summed E-state index contributed by atoms with van der Waals surface area (Å²) < 4.78 is 16.4. The van der Waals surface area contributed by atoms with Crippen molar-refractivity contribution in [2.24, 2.45) is 35.0 Å². The molecule has 8 atom stereocenters. The summed E-state index contributed by atoms with van der Waals surface area (Å²) in [7, 11) is 3.30. The van der Waals surface area contributed by atoms with Crippen LogP contribution in [-0.4, -0.2) is 66.7 Å². The third kappa shape index (κ3) is 4.36. The van der Waals surface area contributed by atoms with Crippen molar-refractivity contribution in [3.05, 3.63) is 24.3 Å². The van der Waals surface area contributed by atoms with Gasteiger partial charge in [0.15, 0.2) is 18.4 Å². The van der Waals surface area contributed by atoms with Crippen LogP contribution in [0, 0.1) is 35.0 Å². The Kier molecular flexibility index (Phi) is 8.01. The van der Waals surface area contributed by atoms with Gasteiger partial charge in [-0.3, -0.25) is 4.79 Å². The fourth-order valence-corrected chi connectivity index (χ4v) is 7.18. The van der Waals surface area contributed by atoms with Crippen LogP contribution in [0.1, 0.15) is 46.0 Å². The van der Waals surface area contributed by atoms with Crippen LogP contribution in [0.25, 0.3) is 0 Å². The minimum absolute atomic E-state index is 0.0744. The lowest BCUT2D eigenvalue weighted by atomic mass is 9.52. The maximum absolute atomic E-state index is 12.4. The first-order valence-electron chi connectivity index (χ1n) is 11.7. The Morgan fingerprint density at radius 2 is 2.00 bits per heavy atom. The van der Waals surface area contributed by atoms with Gasteiger partial charge in [-0.05, 0) is 61.0 Å². The molecule has 0 bridgehead atoms. The van der Waals surface area contributed by atoms with E-state index in [0.717, 1.165) is 19.3 Å².